The fourth-order valence-corrected chi connectivity index (χ4v) is 3.63. The fourth-order valence-electron chi connectivity index (χ4n) is 2.19. The number of nitrogens with zero attached hydrogens (tertiary/aromatic N) is 1. The van der Waals surface area contributed by atoms with Crippen LogP contribution in [0.3, 0.4) is 0 Å². The molecule has 0 aliphatic carbocycles. The second-order valence-corrected chi connectivity index (χ2v) is 6.47. The van der Waals surface area contributed by atoms with Gasteiger partial charge < -0.3 is 5.32 Å². The highest BCUT2D eigenvalue weighted by Gasteiger charge is 2.20. The summed E-state index contributed by atoms with van der Waals surface area (Å²) >= 11 is 0. The van der Waals surface area contributed by atoms with E-state index in [1.54, 1.807) is 24.3 Å². The van der Waals surface area contributed by atoms with Gasteiger partial charge in [0.1, 0.15) is 0 Å². The quantitative estimate of drug-likeness (QED) is 0.873. The molecule has 1 aliphatic heterocycles. The molecule has 1 heterocycles. The van der Waals surface area contributed by atoms with Gasteiger partial charge in [0.2, 0.25) is 10.0 Å². The second-order valence-electron chi connectivity index (χ2n) is 4.71. The summed E-state index contributed by atoms with van der Waals surface area (Å²) in [7, 11) is -3.35. The van der Waals surface area contributed by atoms with Gasteiger partial charge in [0.15, 0.2) is 0 Å². The Morgan fingerprint density at radius 1 is 1.35 bits per heavy atom. The summed E-state index contributed by atoms with van der Waals surface area (Å²) in [5, 5.41) is 12.0. The molecular weight excluding hydrogens is 298 g/mol. The molecule has 0 amide bonds. The Bertz CT molecular complexity index is 578. The van der Waals surface area contributed by atoms with Gasteiger partial charge in [-0.05, 0) is 43.6 Å². The molecule has 0 radical (unpaired) electrons. The molecule has 1 saturated heterocycles. The van der Waals surface area contributed by atoms with E-state index < -0.39 is 10.0 Å². The molecule has 110 valence electrons. The third-order valence-electron chi connectivity index (χ3n) is 3.10. The maximum absolute atomic E-state index is 12.1. The Labute approximate surface area is 125 Å². The molecule has 0 saturated carbocycles. The van der Waals surface area contributed by atoms with Crippen LogP contribution in [0.25, 0.3) is 0 Å². The summed E-state index contributed by atoms with van der Waals surface area (Å²) in [6, 6.07) is 8.73. The zero-order chi connectivity index (χ0) is 13.7. The number of halogens is 1. The van der Waals surface area contributed by atoms with Crippen molar-refractivity contribution in [3.8, 4) is 6.07 Å². The standard InChI is InChI=1S/C13H17N3O2S.ClH/c14-9-11-2-1-3-12(8-11)10-19(17,18)16-13-4-6-15-7-5-13;/h1-3,8,13,15-16H,4-7,10H2;1H. The average Bonchev–Trinajstić information content (AvgIpc) is 2.39. The maximum Gasteiger partial charge on any atom is 0.216 e. The van der Waals surface area contributed by atoms with Crippen molar-refractivity contribution in [3.05, 3.63) is 35.4 Å². The molecule has 1 aromatic carbocycles. The predicted molar refractivity (Wildman–Crippen MR) is 80.1 cm³/mol. The van der Waals surface area contributed by atoms with Gasteiger partial charge in [0.25, 0.3) is 0 Å². The minimum Gasteiger partial charge on any atom is -0.317 e. The first-order chi connectivity index (χ1) is 9.09. The molecule has 0 atom stereocenters. The maximum atomic E-state index is 12.1. The van der Waals surface area contributed by atoms with Gasteiger partial charge in [-0.25, -0.2) is 13.1 Å². The van der Waals surface area contributed by atoms with E-state index in [1.165, 1.54) is 0 Å². The van der Waals surface area contributed by atoms with Crippen LogP contribution in [0.1, 0.15) is 24.0 Å². The van der Waals surface area contributed by atoms with Crippen LogP contribution in [0.15, 0.2) is 24.3 Å². The summed E-state index contributed by atoms with van der Waals surface area (Å²) in [6.07, 6.45) is 1.63. The lowest BCUT2D eigenvalue weighted by molar-refractivity contribution is 0.427. The van der Waals surface area contributed by atoms with Crippen LogP contribution < -0.4 is 10.0 Å². The molecule has 7 heteroatoms. The van der Waals surface area contributed by atoms with Crippen molar-refractivity contribution in [3.63, 3.8) is 0 Å². The number of nitrogens with one attached hydrogen (secondary N) is 2. The Morgan fingerprint density at radius 3 is 2.70 bits per heavy atom. The van der Waals surface area contributed by atoms with Crippen molar-refractivity contribution in [2.24, 2.45) is 0 Å². The minimum atomic E-state index is -3.35. The Hall–Kier alpha value is -1.13. The summed E-state index contributed by atoms with van der Waals surface area (Å²) in [5.41, 5.74) is 1.12. The van der Waals surface area contributed by atoms with E-state index in [0.29, 0.717) is 11.1 Å². The molecule has 0 bridgehead atoms. The summed E-state index contributed by atoms with van der Waals surface area (Å²) in [4.78, 5) is 0. The topological polar surface area (TPSA) is 82.0 Å². The van der Waals surface area contributed by atoms with Gasteiger partial charge in [-0.15, -0.1) is 12.4 Å². The van der Waals surface area contributed by atoms with Crippen LogP contribution in [-0.4, -0.2) is 27.5 Å². The molecule has 1 aliphatic rings. The lowest BCUT2D eigenvalue weighted by atomic mass is 10.1. The molecule has 0 unspecified atom stereocenters. The van der Waals surface area contributed by atoms with E-state index >= 15 is 0 Å². The third kappa shape index (κ3) is 5.10. The van der Waals surface area contributed by atoms with Gasteiger partial charge in [0, 0.05) is 6.04 Å². The van der Waals surface area contributed by atoms with Crippen molar-refractivity contribution in [2.75, 3.05) is 13.1 Å². The van der Waals surface area contributed by atoms with Crippen LogP contribution in [0.2, 0.25) is 0 Å². The average molecular weight is 316 g/mol. The van der Waals surface area contributed by atoms with Crippen LogP contribution >= 0.6 is 12.4 Å². The van der Waals surface area contributed by atoms with Crippen LogP contribution in [0.5, 0.6) is 0 Å². The van der Waals surface area contributed by atoms with Crippen molar-refractivity contribution >= 4 is 22.4 Å². The van der Waals surface area contributed by atoms with Gasteiger partial charge in [-0.3, -0.25) is 0 Å². The molecule has 2 N–H and O–H groups in total. The van der Waals surface area contributed by atoms with E-state index in [9.17, 15) is 8.42 Å². The predicted octanol–water partition coefficient (Wildman–Crippen LogP) is 1.15. The van der Waals surface area contributed by atoms with E-state index in [1.807, 2.05) is 6.07 Å². The molecule has 5 nitrogen and oxygen atoms in total. The molecule has 0 spiro atoms. The van der Waals surface area contributed by atoms with E-state index in [4.69, 9.17) is 5.26 Å². The minimum absolute atomic E-state index is 0. The zero-order valence-corrected chi connectivity index (χ0v) is 12.6. The summed E-state index contributed by atoms with van der Waals surface area (Å²) < 4.78 is 26.8. The first kappa shape index (κ1) is 16.9. The summed E-state index contributed by atoms with van der Waals surface area (Å²) in [6.45, 7) is 1.69. The number of rotatable bonds is 4. The number of piperidine rings is 1. The lowest BCUT2D eigenvalue weighted by Gasteiger charge is -2.23. The monoisotopic (exact) mass is 315 g/mol. The Morgan fingerprint density at radius 2 is 2.05 bits per heavy atom. The van der Waals surface area contributed by atoms with Gasteiger partial charge in [-0.1, -0.05) is 12.1 Å². The van der Waals surface area contributed by atoms with Crippen molar-refractivity contribution in [1.29, 1.82) is 5.26 Å². The molecule has 0 aromatic heterocycles. The normalized spacial score (nSPS) is 16.1. The Kier molecular flexibility index (Phi) is 6.43. The van der Waals surface area contributed by atoms with Crippen molar-refractivity contribution in [1.82, 2.24) is 10.0 Å². The number of sulfonamides is 1. The first-order valence-corrected chi connectivity index (χ1v) is 7.94. The highest BCUT2D eigenvalue weighted by molar-refractivity contribution is 7.88. The van der Waals surface area contributed by atoms with Gasteiger partial charge in [0.05, 0.1) is 17.4 Å². The van der Waals surface area contributed by atoms with E-state index in [2.05, 4.69) is 10.0 Å². The number of hydrogen-bond donors (Lipinski definition) is 2. The SMILES string of the molecule is Cl.N#Cc1cccc(CS(=O)(=O)NC2CCNCC2)c1. The van der Waals surface area contributed by atoms with Gasteiger partial charge >= 0.3 is 0 Å². The highest BCUT2D eigenvalue weighted by Crippen LogP contribution is 2.10. The van der Waals surface area contributed by atoms with Crippen molar-refractivity contribution in [2.45, 2.75) is 24.6 Å². The number of nitriles is 1. The van der Waals surface area contributed by atoms with Gasteiger partial charge in [-0.2, -0.15) is 5.26 Å². The summed E-state index contributed by atoms with van der Waals surface area (Å²) in [5.74, 6) is -0.0769. The van der Waals surface area contributed by atoms with E-state index in [0.717, 1.165) is 25.9 Å². The van der Waals surface area contributed by atoms with Crippen molar-refractivity contribution < 1.29 is 8.42 Å². The number of benzene rings is 1. The molecule has 2 rings (SSSR count). The fraction of sp³-hybridized carbons (Fsp3) is 0.462. The van der Waals surface area contributed by atoms with E-state index in [-0.39, 0.29) is 24.2 Å². The van der Waals surface area contributed by atoms with Crippen LogP contribution in [0, 0.1) is 11.3 Å². The molecule has 1 aromatic rings. The third-order valence-corrected chi connectivity index (χ3v) is 4.50. The zero-order valence-electron chi connectivity index (χ0n) is 11.0. The molecular formula is C13H18ClN3O2S. The van der Waals surface area contributed by atoms with Crippen LogP contribution in [-0.2, 0) is 15.8 Å². The second kappa shape index (κ2) is 7.60. The Balaban J connectivity index is 0.00000200. The highest BCUT2D eigenvalue weighted by atomic mass is 35.5. The number of hydrogen-bond acceptors (Lipinski definition) is 4. The lowest BCUT2D eigenvalue weighted by Crippen LogP contribution is -2.43. The molecule has 20 heavy (non-hydrogen) atoms. The van der Waals surface area contributed by atoms with Crippen LogP contribution in [0.4, 0.5) is 0 Å². The largest absolute Gasteiger partial charge is 0.317 e. The smallest absolute Gasteiger partial charge is 0.216 e. The molecule has 1 fully saturated rings. The first-order valence-electron chi connectivity index (χ1n) is 6.29.